The van der Waals surface area contributed by atoms with Gasteiger partial charge in [0.05, 0.1) is 0 Å². The molecule has 2 nitrogen and oxygen atoms in total. The van der Waals surface area contributed by atoms with Gasteiger partial charge in [-0.1, -0.05) is 24.3 Å². The van der Waals surface area contributed by atoms with E-state index in [1.165, 1.54) is 0 Å². The second kappa shape index (κ2) is 8.05. The molecule has 2 rings (SSSR count). The van der Waals surface area contributed by atoms with Gasteiger partial charge in [0.25, 0.3) is 0 Å². The highest BCUT2D eigenvalue weighted by molar-refractivity contribution is 5.49. The average Bonchev–Trinajstić information content (AvgIpc) is 2.68. The van der Waals surface area contributed by atoms with Crippen molar-refractivity contribution in [3.8, 4) is 11.5 Å². The smallest absolute Gasteiger partial charge is 0.460 e. The summed E-state index contributed by atoms with van der Waals surface area (Å²) in [5.74, 6) is -33.4. The third-order valence-electron chi connectivity index (χ3n) is 5.04. The number of phenolic OH excluding ortho intramolecular Hbond substituents is 2. The van der Waals surface area contributed by atoms with Crippen LogP contribution in [0.5, 0.6) is 11.5 Å². The molecule has 0 aliphatic rings. The number of benzene rings is 2. The van der Waals surface area contributed by atoms with Crippen LogP contribution >= 0.6 is 0 Å². The zero-order chi connectivity index (χ0) is 27.5. The number of hydrogen-bond donors (Lipinski definition) is 2. The first-order chi connectivity index (χ1) is 15.5. The molecule has 0 saturated carbocycles. The van der Waals surface area contributed by atoms with Crippen molar-refractivity contribution in [2.75, 3.05) is 0 Å². The Balaban J connectivity index is 3.08. The van der Waals surface area contributed by atoms with Crippen LogP contribution in [0.3, 0.4) is 0 Å². The van der Waals surface area contributed by atoms with Crippen LogP contribution in [0.15, 0.2) is 48.5 Å². The van der Waals surface area contributed by atoms with Gasteiger partial charge >= 0.3 is 36.0 Å². The molecule has 0 aliphatic carbocycles. The lowest BCUT2D eigenvalue weighted by atomic mass is 9.65. The molecule has 0 aromatic heterocycles. The van der Waals surface area contributed by atoms with Gasteiger partial charge in [-0.3, -0.25) is 0 Å². The van der Waals surface area contributed by atoms with Gasteiger partial charge in [-0.05, 0) is 35.4 Å². The lowest BCUT2D eigenvalue weighted by Gasteiger charge is -2.47. The highest BCUT2D eigenvalue weighted by atomic mass is 19.4. The molecule has 0 fully saturated rings. The van der Waals surface area contributed by atoms with E-state index in [9.17, 15) is 62.9 Å². The van der Waals surface area contributed by atoms with Gasteiger partial charge in [0, 0.05) is 0 Å². The van der Waals surface area contributed by atoms with E-state index in [4.69, 9.17) is 0 Å². The van der Waals surface area contributed by atoms with Crippen molar-refractivity contribution in [3.05, 3.63) is 59.7 Å². The fourth-order valence-corrected chi connectivity index (χ4v) is 3.27. The Morgan fingerprint density at radius 3 is 0.914 bits per heavy atom. The topological polar surface area (TPSA) is 40.5 Å². The molecule has 0 bridgehead atoms. The number of rotatable bonds is 6. The molecule has 0 unspecified atom stereocenters. The van der Waals surface area contributed by atoms with Crippen molar-refractivity contribution in [3.63, 3.8) is 0 Å². The Morgan fingerprint density at radius 2 is 0.657 bits per heavy atom. The van der Waals surface area contributed by atoms with Crippen molar-refractivity contribution >= 4 is 0 Å². The average molecular weight is 536 g/mol. The number of halogens is 14. The van der Waals surface area contributed by atoms with Crippen molar-refractivity contribution < 1.29 is 71.7 Å². The van der Waals surface area contributed by atoms with Crippen LogP contribution in [-0.2, 0) is 5.41 Å². The Labute approximate surface area is 185 Å². The SMILES string of the molecule is Oc1ccc(C(c2ccc(O)cc2)(C(F)(F)F)C(F)(F)C(F)(F)C(F)(F)C(F)(F)C(F)(F)F)cc1. The van der Waals surface area contributed by atoms with Crippen molar-refractivity contribution in [2.24, 2.45) is 0 Å². The van der Waals surface area contributed by atoms with Crippen molar-refractivity contribution in [1.29, 1.82) is 0 Å². The Bertz CT molecular complexity index is 992. The molecule has 0 radical (unpaired) electrons. The first kappa shape index (κ1) is 28.3. The predicted molar refractivity (Wildman–Crippen MR) is 88.9 cm³/mol. The van der Waals surface area contributed by atoms with Gasteiger partial charge in [0.15, 0.2) is 5.41 Å². The van der Waals surface area contributed by atoms with E-state index in [0.29, 0.717) is 0 Å². The van der Waals surface area contributed by atoms with E-state index in [-0.39, 0.29) is 48.5 Å². The van der Waals surface area contributed by atoms with Crippen molar-refractivity contribution in [2.45, 2.75) is 41.5 Å². The summed E-state index contributed by atoms with van der Waals surface area (Å²) >= 11 is 0. The van der Waals surface area contributed by atoms with E-state index in [1.54, 1.807) is 0 Å². The Morgan fingerprint density at radius 1 is 0.371 bits per heavy atom. The maximum absolute atomic E-state index is 15.2. The highest BCUT2D eigenvalue weighted by Crippen LogP contribution is 2.66. The summed E-state index contributed by atoms with van der Waals surface area (Å²) in [6.45, 7) is 0. The van der Waals surface area contributed by atoms with Crippen LogP contribution in [-0.4, -0.2) is 46.3 Å². The summed E-state index contributed by atoms with van der Waals surface area (Å²) in [6.07, 6.45) is -14.4. The maximum atomic E-state index is 15.2. The van der Waals surface area contributed by atoms with Crippen LogP contribution in [0.2, 0.25) is 0 Å². The van der Waals surface area contributed by atoms with Gasteiger partial charge in [-0.25, -0.2) is 0 Å². The van der Waals surface area contributed by atoms with E-state index in [0.717, 1.165) is 0 Å². The molecule has 0 atom stereocenters. The van der Waals surface area contributed by atoms with E-state index in [1.807, 2.05) is 0 Å². The molecule has 35 heavy (non-hydrogen) atoms. The van der Waals surface area contributed by atoms with Gasteiger partial charge < -0.3 is 10.2 Å². The quantitative estimate of drug-likeness (QED) is 0.389. The van der Waals surface area contributed by atoms with Crippen LogP contribution in [0.25, 0.3) is 0 Å². The molecule has 2 N–H and O–H groups in total. The first-order valence-corrected chi connectivity index (χ1v) is 8.74. The number of alkyl halides is 14. The van der Waals surface area contributed by atoms with Crippen LogP contribution in [0, 0.1) is 0 Å². The van der Waals surface area contributed by atoms with Gasteiger partial charge in [-0.15, -0.1) is 0 Å². The standard InChI is InChI=1S/C19H10F14O2/c20-14(21,15(22,23)16(24,25)17(26,27)19(31,32)33)13(18(28,29)30,9-1-5-11(34)6-2-9)10-3-7-12(35)8-4-10/h1-8,34-35H. The maximum Gasteiger partial charge on any atom is 0.460 e. The molecule has 2 aromatic rings. The Kier molecular flexibility index (Phi) is 6.51. The van der Waals surface area contributed by atoms with Gasteiger partial charge in [0.1, 0.15) is 11.5 Å². The van der Waals surface area contributed by atoms with E-state index >= 15 is 8.78 Å². The molecule has 0 saturated heterocycles. The lowest BCUT2D eigenvalue weighted by Crippen LogP contribution is -2.73. The van der Waals surface area contributed by atoms with E-state index in [2.05, 4.69) is 0 Å². The monoisotopic (exact) mass is 536 g/mol. The summed E-state index contributed by atoms with van der Waals surface area (Å²) in [5.41, 5.74) is -9.77. The van der Waals surface area contributed by atoms with Crippen LogP contribution in [0.1, 0.15) is 11.1 Å². The van der Waals surface area contributed by atoms with Gasteiger partial charge in [-0.2, -0.15) is 61.5 Å². The molecule has 0 aliphatic heterocycles. The van der Waals surface area contributed by atoms with Crippen LogP contribution < -0.4 is 0 Å². The summed E-state index contributed by atoms with van der Waals surface area (Å²) in [4.78, 5) is 0. The highest BCUT2D eigenvalue weighted by Gasteiger charge is 2.92. The first-order valence-electron chi connectivity index (χ1n) is 8.74. The molecule has 0 spiro atoms. The molecule has 0 heterocycles. The minimum Gasteiger partial charge on any atom is -0.508 e. The fraction of sp³-hybridized carbons (Fsp3) is 0.368. The normalized spacial score (nSPS) is 14.8. The molecule has 196 valence electrons. The molecular weight excluding hydrogens is 526 g/mol. The second-order valence-electron chi connectivity index (χ2n) is 7.14. The minimum atomic E-state index is -8.11. The molecule has 0 amide bonds. The van der Waals surface area contributed by atoms with Gasteiger partial charge in [0.2, 0.25) is 0 Å². The number of aromatic hydroxyl groups is 2. The van der Waals surface area contributed by atoms with Crippen molar-refractivity contribution in [1.82, 2.24) is 0 Å². The molecule has 2 aromatic carbocycles. The third kappa shape index (κ3) is 3.80. The zero-order valence-corrected chi connectivity index (χ0v) is 16.3. The molecule has 16 heteroatoms. The summed E-state index contributed by atoms with van der Waals surface area (Å²) in [7, 11) is 0. The lowest BCUT2D eigenvalue weighted by molar-refractivity contribution is -0.435. The Hall–Kier alpha value is -2.94. The summed E-state index contributed by atoms with van der Waals surface area (Å²) in [6, 6.07) is 0.471. The largest absolute Gasteiger partial charge is 0.508 e. The van der Waals surface area contributed by atoms with E-state index < -0.39 is 64.1 Å². The minimum absolute atomic E-state index is 0.0975. The zero-order valence-electron chi connectivity index (χ0n) is 16.3. The summed E-state index contributed by atoms with van der Waals surface area (Å²) < 4.78 is 194. The predicted octanol–water partition coefficient (Wildman–Crippen LogP) is 7.05. The summed E-state index contributed by atoms with van der Waals surface area (Å²) in [5, 5.41) is 18.5. The fourth-order valence-electron chi connectivity index (χ4n) is 3.27. The molecular formula is C19H10F14O2. The number of hydrogen-bond acceptors (Lipinski definition) is 2. The van der Waals surface area contributed by atoms with Crippen LogP contribution in [0.4, 0.5) is 61.5 Å². The third-order valence-corrected chi connectivity index (χ3v) is 5.04. The number of phenols is 2. The second-order valence-corrected chi connectivity index (χ2v) is 7.14.